The molecule has 1 fully saturated rings. The van der Waals surface area contributed by atoms with Crippen molar-refractivity contribution >= 4 is 11.7 Å². The summed E-state index contributed by atoms with van der Waals surface area (Å²) in [7, 11) is 0. The molecule has 3 aliphatic rings. The Morgan fingerprint density at radius 2 is 1.93 bits per heavy atom. The van der Waals surface area contributed by atoms with Crippen LogP contribution >= 0.6 is 0 Å². The first-order chi connectivity index (χ1) is 14.3. The number of ether oxygens (including phenoxy) is 2. The number of aryl methyl sites for hydroxylation is 1. The minimum Gasteiger partial charge on any atom is -0.487 e. The fourth-order valence-electron chi connectivity index (χ4n) is 4.32. The summed E-state index contributed by atoms with van der Waals surface area (Å²) >= 11 is 0. The van der Waals surface area contributed by atoms with Gasteiger partial charge in [-0.3, -0.25) is 0 Å². The van der Waals surface area contributed by atoms with Crippen LogP contribution in [-0.2, 0) is 17.6 Å². The van der Waals surface area contributed by atoms with Gasteiger partial charge in [0, 0.05) is 12.0 Å². The molecule has 0 N–H and O–H groups in total. The number of nitrogens with zero attached hydrogens (tertiary/aromatic N) is 4. The highest BCUT2D eigenvalue weighted by Crippen LogP contribution is 2.41. The Morgan fingerprint density at radius 1 is 1.03 bits per heavy atom. The van der Waals surface area contributed by atoms with E-state index in [2.05, 4.69) is 28.3 Å². The number of hydrogen-bond donors (Lipinski definition) is 0. The predicted molar refractivity (Wildman–Crippen MR) is 110 cm³/mol. The molecule has 1 saturated heterocycles. The monoisotopic (exact) mass is 386 g/mol. The third kappa shape index (κ3) is 3.13. The number of epoxide rings is 1. The molecule has 0 radical (unpaired) electrons. The zero-order chi connectivity index (χ0) is 19.2. The van der Waals surface area contributed by atoms with Crippen LogP contribution in [0.3, 0.4) is 0 Å². The Morgan fingerprint density at radius 3 is 2.86 bits per heavy atom. The van der Waals surface area contributed by atoms with Gasteiger partial charge in [-0.2, -0.15) is 9.67 Å². The Labute approximate surface area is 169 Å². The largest absolute Gasteiger partial charge is 0.487 e. The topological polar surface area (TPSA) is 64.8 Å². The van der Waals surface area contributed by atoms with Crippen molar-refractivity contribution < 1.29 is 9.47 Å². The van der Waals surface area contributed by atoms with Gasteiger partial charge in [0.25, 0.3) is 5.95 Å². The molecule has 1 aliphatic carbocycles. The molecule has 2 atom stereocenters. The Bertz CT molecular complexity index is 1090. The summed E-state index contributed by atoms with van der Waals surface area (Å²) in [6, 6.07) is 16.4. The first-order valence-corrected chi connectivity index (χ1v) is 10.3. The van der Waals surface area contributed by atoms with E-state index in [1.165, 1.54) is 24.0 Å². The van der Waals surface area contributed by atoms with Gasteiger partial charge in [0.1, 0.15) is 18.5 Å². The summed E-state index contributed by atoms with van der Waals surface area (Å²) in [6.07, 6.45) is 5.54. The van der Waals surface area contributed by atoms with Crippen LogP contribution in [0.1, 0.15) is 36.6 Å². The number of benzene rings is 2. The summed E-state index contributed by atoms with van der Waals surface area (Å²) in [5.41, 5.74) is 4.73. The molecule has 2 aliphatic heterocycles. The molecule has 6 nitrogen and oxygen atoms in total. The number of aromatic nitrogens is 3. The van der Waals surface area contributed by atoms with Crippen molar-refractivity contribution in [3.63, 3.8) is 0 Å². The summed E-state index contributed by atoms with van der Waals surface area (Å²) in [5.74, 6) is 2.27. The highest BCUT2D eigenvalue weighted by Gasteiger charge is 2.45. The number of aliphatic imine (C=N–C) groups is 1. The molecule has 3 heterocycles. The van der Waals surface area contributed by atoms with Gasteiger partial charge in [0.2, 0.25) is 0 Å². The van der Waals surface area contributed by atoms with Gasteiger partial charge < -0.3 is 9.47 Å². The standard InChI is InChI=1S/C23H22N4O2/c1-2-8-16(9-3-1)21-25-23-24-17(13-20-22(29-20)27(23)26-21)14-28-19-12-6-10-15-7-4-5-11-18(15)19/h1-3,6,8-10,12,20,22H,4-5,7,11,13-14H2. The average molecular weight is 386 g/mol. The van der Waals surface area contributed by atoms with E-state index in [1.54, 1.807) is 0 Å². The van der Waals surface area contributed by atoms with E-state index in [0.29, 0.717) is 18.4 Å². The van der Waals surface area contributed by atoms with E-state index < -0.39 is 0 Å². The van der Waals surface area contributed by atoms with Crippen molar-refractivity contribution in [1.29, 1.82) is 0 Å². The van der Waals surface area contributed by atoms with Crippen molar-refractivity contribution in [1.82, 2.24) is 14.8 Å². The molecule has 2 unspecified atom stereocenters. The average Bonchev–Trinajstić information content (AvgIpc) is 3.43. The van der Waals surface area contributed by atoms with Crippen LogP contribution in [-0.4, -0.2) is 33.2 Å². The summed E-state index contributed by atoms with van der Waals surface area (Å²) in [4.78, 5) is 9.46. The summed E-state index contributed by atoms with van der Waals surface area (Å²) in [6.45, 7) is 0.455. The Balaban J connectivity index is 1.27. The van der Waals surface area contributed by atoms with Crippen LogP contribution < -0.4 is 4.74 Å². The minimum absolute atomic E-state index is 0.0688. The number of rotatable bonds is 4. The molecule has 29 heavy (non-hydrogen) atoms. The molecule has 0 saturated carbocycles. The van der Waals surface area contributed by atoms with Gasteiger partial charge in [-0.15, -0.1) is 5.10 Å². The van der Waals surface area contributed by atoms with Crippen LogP contribution in [0.5, 0.6) is 5.75 Å². The Hall–Kier alpha value is -2.99. The van der Waals surface area contributed by atoms with Crippen molar-refractivity contribution in [2.24, 2.45) is 4.99 Å². The first kappa shape index (κ1) is 16.9. The second-order valence-electron chi connectivity index (χ2n) is 7.88. The van der Waals surface area contributed by atoms with E-state index in [4.69, 9.17) is 14.5 Å². The normalized spacial score (nSPS) is 22.0. The van der Waals surface area contributed by atoms with Crippen molar-refractivity contribution in [3.8, 4) is 17.1 Å². The maximum absolute atomic E-state index is 6.23. The highest BCUT2D eigenvalue weighted by atomic mass is 16.6. The second-order valence-corrected chi connectivity index (χ2v) is 7.88. The zero-order valence-corrected chi connectivity index (χ0v) is 16.1. The van der Waals surface area contributed by atoms with Crippen LogP contribution in [0.2, 0.25) is 0 Å². The van der Waals surface area contributed by atoms with Crippen LogP contribution in [0.25, 0.3) is 11.4 Å². The first-order valence-electron chi connectivity index (χ1n) is 10.3. The van der Waals surface area contributed by atoms with E-state index in [9.17, 15) is 0 Å². The lowest BCUT2D eigenvalue weighted by atomic mass is 9.91. The molecular formula is C23H22N4O2. The summed E-state index contributed by atoms with van der Waals surface area (Å²) in [5, 5.41) is 4.65. The summed E-state index contributed by atoms with van der Waals surface area (Å²) < 4.78 is 13.9. The molecule has 0 amide bonds. The van der Waals surface area contributed by atoms with Crippen molar-refractivity contribution in [2.75, 3.05) is 6.61 Å². The SMILES string of the molecule is c1ccc(-c2nc3n(n2)C2OC2CC(COc2cccc4c2CCCC4)=N3)cc1. The molecule has 1 aromatic heterocycles. The van der Waals surface area contributed by atoms with Gasteiger partial charge in [-0.1, -0.05) is 42.5 Å². The van der Waals surface area contributed by atoms with E-state index in [0.717, 1.165) is 36.3 Å². The van der Waals surface area contributed by atoms with Gasteiger partial charge in [0.15, 0.2) is 12.1 Å². The third-order valence-corrected chi connectivity index (χ3v) is 5.88. The maximum atomic E-state index is 6.23. The molecule has 3 aromatic rings. The molecule has 146 valence electrons. The van der Waals surface area contributed by atoms with E-state index in [-0.39, 0.29) is 12.3 Å². The van der Waals surface area contributed by atoms with Gasteiger partial charge >= 0.3 is 0 Å². The highest BCUT2D eigenvalue weighted by molar-refractivity contribution is 5.89. The quantitative estimate of drug-likeness (QED) is 0.628. The lowest BCUT2D eigenvalue weighted by Gasteiger charge is -2.19. The van der Waals surface area contributed by atoms with Gasteiger partial charge in [-0.05, 0) is 42.9 Å². The fourth-order valence-corrected chi connectivity index (χ4v) is 4.32. The van der Waals surface area contributed by atoms with Gasteiger partial charge in [0.05, 0.1) is 5.71 Å². The van der Waals surface area contributed by atoms with E-state index in [1.807, 2.05) is 35.0 Å². The molecule has 6 rings (SSSR count). The Kier molecular flexibility index (Phi) is 3.97. The minimum atomic E-state index is -0.0688. The lowest BCUT2D eigenvalue weighted by Crippen LogP contribution is -2.15. The molecule has 6 heteroatoms. The van der Waals surface area contributed by atoms with Crippen molar-refractivity contribution in [2.45, 2.75) is 44.4 Å². The third-order valence-electron chi connectivity index (χ3n) is 5.88. The number of fused-ring (bicyclic) bond motifs is 4. The van der Waals surface area contributed by atoms with Crippen LogP contribution in [0.4, 0.5) is 5.95 Å². The molecule has 2 aromatic carbocycles. The van der Waals surface area contributed by atoms with Gasteiger partial charge in [-0.25, -0.2) is 4.99 Å². The van der Waals surface area contributed by atoms with Crippen molar-refractivity contribution in [3.05, 3.63) is 59.7 Å². The second kappa shape index (κ2) is 6.81. The zero-order valence-electron chi connectivity index (χ0n) is 16.1. The lowest BCUT2D eigenvalue weighted by molar-refractivity contribution is 0.317. The predicted octanol–water partition coefficient (Wildman–Crippen LogP) is 4.28. The molecular weight excluding hydrogens is 364 g/mol. The van der Waals surface area contributed by atoms with E-state index >= 15 is 0 Å². The molecule has 0 bridgehead atoms. The fraction of sp³-hybridized carbons (Fsp3) is 0.348. The van der Waals surface area contributed by atoms with Crippen LogP contribution in [0, 0.1) is 0 Å². The molecule has 0 spiro atoms. The van der Waals surface area contributed by atoms with Crippen LogP contribution in [0.15, 0.2) is 53.5 Å². The number of hydrogen-bond acceptors (Lipinski definition) is 5. The smallest absolute Gasteiger partial charge is 0.251 e. The maximum Gasteiger partial charge on any atom is 0.251 e.